The normalized spacial score (nSPS) is 10.7. The fourth-order valence-electron chi connectivity index (χ4n) is 6.63. The standard InChI is InChI=1S/C9H10N2.C9H9N.C8H8F2O.C7H6F2.C7H8FNO.C7H7NO2.C7H9NO.C7H8/c1-7-5-8-3-4-11(2)9(8)10-6-7;1-7-5-8-3-2-4-9(8)10-6-7;1-5-3-6(9)8(11-2)7(10)4-5;1-5-6(8)3-2-4-7(5)9;1-5-3-6(8)7(10-2)9-4-5;1-5-2-6-7(8-3-5)10-4-9-6;1-6-3-4-7(9-2)8-5-6;1-7-5-3-2-4-6-7/h3-6H,1-2H3;2-3,5-6H,4H2,1H3;3-4H,1-2H3;2-4H,1H3;3-4H,1-2H3;2-3H,4H2,1H3;3-5H,1-2H3;2-6H,1H3. The summed E-state index contributed by atoms with van der Waals surface area (Å²) in [5, 5.41) is 1.22. The molecule has 404 valence electrons. The van der Waals surface area contributed by atoms with Gasteiger partial charge in [-0.05, 0) is 149 Å². The summed E-state index contributed by atoms with van der Waals surface area (Å²) in [5.41, 5.74) is 11.0. The summed E-state index contributed by atoms with van der Waals surface area (Å²) in [4.78, 5) is 20.3. The van der Waals surface area contributed by atoms with E-state index in [0.717, 1.165) is 34.5 Å². The molecule has 0 bridgehead atoms. The molecule has 1 aliphatic carbocycles. The Bertz CT molecular complexity index is 3230. The Balaban J connectivity index is 0.000000191. The molecule has 16 heteroatoms. The molecular formula is C61H65F5N6O5. The molecule has 7 heterocycles. The molecule has 0 saturated carbocycles. The van der Waals surface area contributed by atoms with Crippen LogP contribution in [0.3, 0.4) is 0 Å². The van der Waals surface area contributed by atoms with Crippen LogP contribution in [0.2, 0.25) is 0 Å². The van der Waals surface area contributed by atoms with Crippen molar-refractivity contribution in [3.05, 3.63) is 231 Å². The third-order valence-corrected chi connectivity index (χ3v) is 10.7. The van der Waals surface area contributed by atoms with E-state index in [2.05, 4.69) is 97.6 Å². The molecule has 77 heavy (non-hydrogen) atoms. The van der Waals surface area contributed by atoms with Gasteiger partial charge in [0.1, 0.15) is 17.3 Å². The maximum Gasteiger partial charge on any atom is 0.260 e. The summed E-state index contributed by atoms with van der Waals surface area (Å²) in [6, 6.07) is 30.0. The third-order valence-electron chi connectivity index (χ3n) is 10.7. The molecule has 6 aromatic heterocycles. The number of ether oxygens (including phenoxy) is 5. The van der Waals surface area contributed by atoms with Crippen molar-refractivity contribution < 1.29 is 45.6 Å². The summed E-state index contributed by atoms with van der Waals surface area (Å²) >= 11 is 0. The van der Waals surface area contributed by atoms with Crippen molar-refractivity contribution in [2.75, 3.05) is 28.1 Å². The highest BCUT2D eigenvalue weighted by Gasteiger charge is 2.13. The highest BCUT2D eigenvalue weighted by atomic mass is 19.1. The van der Waals surface area contributed by atoms with Gasteiger partial charge in [0, 0.05) is 67.7 Å². The van der Waals surface area contributed by atoms with Crippen LogP contribution in [0.5, 0.6) is 29.1 Å². The maximum absolute atomic E-state index is 12.7. The number of halogens is 5. The topological polar surface area (TPSA) is 116 Å². The van der Waals surface area contributed by atoms with E-state index in [1.807, 2.05) is 80.5 Å². The first-order chi connectivity index (χ1) is 36.8. The second-order valence-corrected chi connectivity index (χ2v) is 17.4. The summed E-state index contributed by atoms with van der Waals surface area (Å²) in [6.07, 6.45) is 16.2. The Morgan fingerprint density at radius 3 is 1.68 bits per heavy atom. The number of benzene rings is 3. The molecule has 0 spiro atoms. The van der Waals surface area contributed by atoms with Crippen LogP contribution in [-0.4, -0.2) is 57.6 Å². The fourth-order valence-corrected chi connectivity index (χ4v) is 6.63. The van der Waals surface area contributed by atoms with Gasteiger partial charge >= 0.3 is 0 Å². The molecule has 0 unspecified atom stereocenters. The van der Waals surface area contributed by atoms with Gasteiger partial charge < -0.3 is 28.3 Å². The van der Waals surface area contributed by atoms with Crippen LogP contribution >= 0.6 is 0 Å². The molecule has 3 aromatic carbocycles. The lowest BCUT2D eigenvalue weighted by molar-refractivity contribution is 0.171. The van der Waals surface area contributed by atoms with Crippen molar-refractivity contribution in [2.24, 2.45) is 7.05 Å². The van der Waals surface area contributed by atoms with Crippen molar-refractivity contribution in [1.29, 1.82) is 0 Å². The number of rotatable bonds is 3. The van der Waals surface area contributed by atoms with E-state index < -0.39 is 29.1 Å². The average molecular weight is 1060 g/mol. The van der Waals surface area contributed by atoms with Gasteiger partial charge in [0.05, 0.1) is 27.0 Å². The van der Waals surface area contributed by atoms with E-state index in [0.29, 0.717) is 24.1 Å². The first-order valence-corrected chi connectivity index (χ1v) is 24.1. The van der Waals surface area contributed by atoms with Crippen LogP contribution in [0.1, 0.15) is 55.8 Å². The van der Waals surface area contributed by atoms with Crippen LogP contribution in [0.4, 0.5) is 22.0 Å². The predicted octanol–water partition coefficient (Wildman–Crippen LogP) is 14.4. The van der Waals surface area contributed by atoms with Crippen molar-refractivity contribution in [2.45, 2.75) is 61.8 Å². The monoisotopic (exact) mass is 1060 g/mol. The maximum atomic E-state index is 12.7. The zero-order valence-corrected chi connectivity index (χ0v) is 45.5. The predicted molar refractivity (Wildman–Crippen MR) is 293 cm³/mol. The van der Waals surface area contributed by atoms with Gasteiger partial charge in [0.25, 0.3) is 5.88 Å². The van der Waals surface area contributed by atoms with Crippen molar-refractivity contribution in [1.82, 2.24) is 29.5 Å². The molecule has 9 aromatic rings. The van der Waals surface area contributed by atoms with E-state index in [9.17, 15) is 22.0 Å². The Labute approximate surface area is 448 Å². The number of pyridine rings is 5. The summed E-state index contributed by atoms with van der Waals surface area (Å²) in [6.45, 7) is 15.3. The summed E-state index contributed by atoms with van der Waals surface area (Å²) < 4.78 is 88.9. The highest BCUT2D eigenvalue weighted by molar-refractivity contribution is 5.76. The van der Waals surface area contributed by atoms with Crippen LogP contribution in [0, 0.1) is 84.5 Å². The zero-order valence-electron chi connectivity index (χ0n) is 45.5. The van der Waals surface area contributed by atoms with Gasteiger partial charge in [-0.1, -0.05) is 60.2 Å². The summed E-state index contributed by atoms with van der Waals surface area (Å²) in [5.74, 6) is -0.977. The Hall–Kier alpha value is -8.66. The first-order valence-electron chi connectivity index (χ1n) is 24.1. The molecule has 11 nitrogen and oxygen atoms in total. The number of aryl methyl sites for hydroxylation is 8. The van der Waals surface area contributed by atoms with Gasteiger partial charge in [0.2, 0.25) is 18.6 Å². The number of allylic oxidation sites excluding steroid dienone is 1. The fraction of sp³-hybridized carbons (Fsp3) is 0.230. The Kier molecular flexibility index (Phi) is 24.7. The number of hydrogen-bond donors (Lipinski definition) is 0. The summed E-state index contributed by atoms with van der Waals surface area (Å²) in [7, 11) is 6.24. The van der Waals surface area contributed by atoms with Crippen LogP contribution in [-0.2, 0) is 13.5 Å². The minimum absolute atomic E-state index is 0.0469. The lowest BCUT2D eigenvalue weighted by Gasteiger charge is -2.03. The van der Waals surface area contributed by atoms with E-state index in [4.69, 9.17) is 14.2 Å². The van der Waals surface area contributed by atoms with E-state index in [1.165, 1.54) is 90.9 Å². The number of methoxy groups -OCH3 is 3. The zero-order chi connectivity index (χ0) is 56.4. The quantitative estimate of drug-likeness (QED) is 0.158. The minimum Gasteiger partial charge on any atom is -0.491 e. The molecule has 0 amide bonds. The van der Waals surface area contributed by atoms with Crippen molar-refractivity contribution >= 4 is 17.1 Å². The lowest BCUT2D eigenvalue weighted by Crippen LogP contribution is -1.93. The number of fused-ring (bicyclic) bond motifs is 3. The van der Waals surface area contributed by atoms with Crippen molar-refractivity contribution in [3.63, 3.8) is 0 Å². The molecule has 11 rings (SSSR count). The van der Waals surface area contributed by atoms with Gasteiger partial charge in [-0.25, -0.2) is 41.9 Å². The first kappa shape index (κ1) is 60.9. The van der Waals surface area contributed by atoms with E-state index in [1.54, 1.807) is 39.5 Å². The minimum atomic E-state index is -0.662. The average Bonchev–Trinajstić information content (AvgIpc) is 4.17. The Morgan fingerprint density at radius 1 is 0.494 bits per heavy atom. The number of aromatic nitrogens is 6. The molecular weight excluding hydrogens is 992 g/mol. The molecule has 0 fully saturated rings. The second kappa shape index (κ2) is 31.3. The molecule has 0 radical (unpaired) electrons. The Morgan fingerprint density at radius 2 is 1.09 bits per heavy atom. The molecule has 0 saturated heterocycles. The van der Waals surface area contributed by atoms with Crippen LogP contribution < -0.4 is 23.7 Å². The van der Waals surface area contributed by atoms with Gasteiger partial charge in [0.15, 0.2) is 29.0 Å². The smallest absolute Gasteiger partial charge is 0.260 e. The number of hydrogen-bond acceptors (Lipinski definition) is 10. The van der Waals surface area contributed by atoms with Gasteiger partial charge in [-0.2, -0.15) is 0 Å². The lowest BCUT2D eigenvalue weighted by atomic mass is 10.2. The van der Waals surface area contributed by atoms with Gasteiger partial charge in [-0.15, -0.1) is 0 Å². The molecule has 0 N–H and O–H groups in total. The van der Waals surface area contributed by atoms with Crippen molar-refractivity contribution in [3.8, 4) is 29.1 Å². The van der Waals surface area contributed by atoms with E-state index in [-0.39, 0.29) is 17.2 Å². The molecule has 2 aliphatic rings. The third kappa shape index (κ3) is 20.5. The molecule has 1 aliphatic heterocycles. The van der Waals surface area contributed by atoms with Crippen LogP contribution in [0.25, 0.3) is 17.1 Å². The van der Waals surface area contributed by atoms with Crippen LogP contribution in [0.15, 0.2) is 146 Å². The molecule has 0 atom stereocenters. The van der Waals surface area contributed by atoms with E-state index >= 15 is 0 Å². The highest BCUT2D eigenvalue weighted by Crippen LogP contribution is 2.29. The number of nitrogens with zero attached hydrogens (tertiary/aromatic N) is 6. The SMILES string of the molecule is COc1c(F)cc(C)cc1F.COc1ccc(C)cn1.COc1ncc(C)cc1F.Cc1c(F)cccc1F.Cc1ccccc1.Cc1cnc2c(c1)C=CC2.Cc1cnc2c(c1)OCO2.Cc1cnc2c(ccn2C)c1. The second-order valence-electron chi connectivity index (χ2n) is 17.4. The largest absolute Gasteiger partial charge is 0.491 e. The van der Waals surface area contributed by atoms with Gasteiger partial charge in [-0.3, -0.25) is 4.98 Å².